The van der Waals surface area contributed by atoms with Crippen LogP contribution in [0.15, 0.2) is 78.9 Å². The SMILES string of the molecule is O=C(O)C(F)(F)F.Oc1ccc(CCCNc2nc(NCc3ccccc3-c3ccccc3)nc(NC3CCNCC3)n2)cc1. The van der Waals surface area contributed by atoms with E-state index in [1.165, 1.54) is 22.3 Å². The monoisotopic (exact) mass is 623 g/mol. The minimum absolute atomic E-state index is 0.289. The minimum atomic E-state index is -5.08. The Bertz CT molecular complexity index is 1500. The fourth-order valence-corrected chi connectivity index (χ4v) is 4.65. The molecule has 2 heterocycles. The molecular weight excluding hydrogens is 587 g/mol. The lowest BCUT2D eigenvalue weighted by Gasteiger charge is -2.24. The normalized spacial score (nSPS) is 13.3. The first kappa shape index (κ1) is 33.0. The summed E-state index contributed by atoms with van der Waals surface area (Å²) in [7, 11) is 0. The van der Waals surface area contributed by atoms with E-state index >= 15 is 0 Å². The number of anilines is 3. The van der Waals surface area contributed by atoms with E-state index in [9.17, 15) is 18.3 Å². The van der Waals surface area contributed by atoms with E-state index in [1.807, 2.05) is 18.2 Å². The Morgan fingerprint density at radius 1 is 0.844 bits per heavy atom. The van der Waals surface area contributed by atoms with Gasteiger partial charge < -0.3 is 31.5 Å². The summed E-state index contributed by atoms with van der Waals surface area (Å²) in [4.78, 5) is 22.9. The number of aromatic hydroxyl groups is 1. The van der Waals surface area contributed by atoms with Crippen LogP contribution in [0.4, 0.5) is 31.0 Å². The molecule has 3 aromatic carbocycles. The number of nitrogens with zero attached hydrogens (tertiary/aromatic N) is 3. The highest BCUT2D eigenvalue weighted by molar-refractivity contribution is 5.73. The molecule has 1 aliphatic rings. The van der Waals surface area contributed by atoms with E-state index in [0.29, 0.717) is 30.4 Å². The number of aromatic nitrogens is 3. The highest BCUT2D eigenvalue weighted by atomic mass is 19.4. The number of aryl methyl sites for hydroxylation is 1. The molecule has 45 heavy (non-hydrogen) atoms. The Hall–Kier alpha value is -4.91. The van der Waals surface area contributed by atoms with Gasteiger partial charge in [0.1, 0.15) is 5.75 Å². The van der Waals surface area contributed by atoms with Gasteiger partial charge in [0.05, 0.1) is 0 Å². The molecule has 0 bridgehead atoms. The van der Waals surface area contributed by atoms with Crippen LogP contribution in [0.3, 0.4) is 0 Å². The van der Waals surface area contributed by atoms with Crippen molar-refractivity contribution in [3.63, 3.8) is 0 Å². The summed E-state index contributed by atoms with van der Waals surface area (Å²) >= 11 is 0. The summed E-state index contributed by atoms with van der Waals surface area (Å²) in [5, 5.41) is 30.3. The van der Waals surface area contributed by atoms with Gasteiger partial charge in [0, 0.05) is 19.1 Å². The molecule has 5 rings (SSSR count). The number of carbonyl (C=O) groups is 1. The summed E-state index contributed by atoms with van der Waals surface area (Å²) in [6.45, 7) is 3.31. The van der Waals surface area contributed by atoms with Crippen LogP contribution in [-0.2, 0) is 17.8 Å². The van der Waals surface area contributed by atoms with Gasteiger partial charge in [-0.2, -0.15) is 28.1 Å². The summed E-state index contributed by atoms with van der Waals surface area (Å²) in [5.74, 6) is -0.780. The number of piperidine rings is 1. The maximum Gasteiger partial charge on any atom is 0.490 e. The molecule has 0 amide bonds. The molecule has 0 radical (unpaired) electrons. The lowest BCUT2D eigenvalue weighted by Crippen LogP contribution is -2.35. The number of phenols is 1. The molecular formula is C32H36F3N7O3. The minimum Gasteiger partial charge on any atom is -0.508 e. The predicted octanol–water partition coefficient (Wildman–Crippen LogP) is 5.70. The standard InChI is InChI=1S/C30H35N7O.C2HF3O2/c38-26-14-12-22(13-15-26)7-6-18-32-28-35-29(37-30(36-28)34-25-16-19-31-20-17-25)33-21-24-10-4-5-11-27(24)23-8-2-1-3-9-23;3-2(4,5)1(6)7/h1-5,8-15,25,31,38H,6-7,16-21H2,(H3,32,33,34,35,36,37);(H,6,7). The number of rotatable bonds is 11. The van der Waals surface area contributed by atoms with E-state index < -0.39 is 12.1 Å². The Labute approximate surface area is 259 Å². The molecule has 1 aliphatic heterocycles. The molecule has 238 valence electrons. The van der Waals surface area contributed by atoms with E-state index in [4.69, 9.17) is 14.9 Å². The first-order valence-electron chi connectivity index (χ1n) is 14.6. The Morgan fingerprint density at radius 3 is 2.11 bits per heavy atom. The van der Waals surface area contributed by atoms with Crippen LogP contribution in [0.25, 0.3) is 11.1 Å². The number of carboxylic acids is 1. The molecule has 13 heteroatoms. The highest BCUT2D eigenvalue weighted by Gasteiger charge is 2.38. The number of halogens is 3. The number of nitrogens with one attached hydrogen (secondary N) is 4. The number of hydrogen-bond acceptors (Lipinski definition) is 9. The smallest absolute Gasteiger partial charge is 0.490 e. The molecule has 0 saturated carbocycles. The van der Waals surface area contributed by atoms with E-state index in [0.717, 1.165) is 45.3 Å². The fraction of sp³-hybridized carbons (Fsp3) is 0.312. The van der Waals surface area contributed by atoms with Crippen LogP contribution in [0, 0.1) is 0 Å². The van der Waals surface area contributed by atoms with E-state index in [2.05, 4.69) is 79.8 Å². The quantitative estimate of drug-likeness (QED) is 0.115. The van der Waals surface area contributed by atoms with Crippen molar-refractivity contribution < 1.29 is 28.2 Å². The Kier molecular flexibility index (Phi) is 11.9. The fourth-order valence-electron chi connectivity index (χ4n) is 4.65. The van der Waals surface area contributed by atoms with Gasteiger partial charge in [-0.3, -0.25) is 0 Å². The summed E-state index contributed by atoms with van der Waals surface area (Å²) < 4.78 is 31.7. The first-order valence-corrected chi connectivity index (χ1v) is 14.6. The molecule has 1 saturated heterocycles. The average molecular weight is 624 g/mol. The lowest BCUT2D eigenvalue weighted by molar-refractivity contribution is -0.192. The van der Waals surface area contributed by atoms with Gasteiger partial charge in [0.25, 0.3) is 0 Å². The second kappa shape index (κ2) is 16.2. The summed E-state index contributed by atoms with van der Waals surface area (Å²) in [5.41, 5.74) is 4.74. The summed E-state index contributed by atoms with van der Waals surface area (Å²) in [6, 6.07) is 26.5. The van der Waals surface area contributed by atoms with Gasteiger partial charge in [0.2, 0.25) is 17.8 Å². The van der Waals surface area contributed by atoms with Crippen molar-refractivity contribution in [3.8, 4) is 16.9 Å². The molecule has 10 nitrogen and oxygen atoms in total. The van der Waals surface area contributed by atoms with Gasteiger partial charge in [-0.25, -0.2) is 4.79 Å². The zero-order chi connectivity index (χ0) is 32.1. The van der Waals surface area contributed by atoms with Crippen molar-refractivity contribution in [2.75, 3.05) is 35.6 Å². The third-order valence-electron chi connectivity index (χ3n) is 6.95. The topological polar surface area (TPSA) is 144 Å². The van der Waals surface area contributed by atoms with Crippen LogP contribution in [0.2, 0.25) is 0 Å². The second-order valence-corrected chi connectivity index (χ2v) is 10.4. The van der Waals surface area contributed by atoms with Crippen molar-refractivity contribution >= 4 is 23.8 Å². The molecule has 0 unspecified atom stereocenters. The maximum absolute atomic E-state index is 10.6. The molecule has 1 fully saturated rings. The van der Waals surface area contributed by atoms with Crippen molar-refractivity contribution in [1.29, 1.82) is 0 Å². The largest absolute Gasteiger partial charge is 0.508 e. The zero-order valence-corrected chi connectivity index (χ0v) is 24.5. The molecule has 1 aromatic heterocycles. The van der Waals surface area contributed by atoms with Gasteiger partial charge >= 0.3 is 12.1 Å². The molecule has 0 aliphatic carbocycles. The van der Waals surface area contributed by atoms with Crippen molar-refractivity contribution in [2.45, 2.75) is 44.4 Å². The molecule has 0 spiro atoms. The van der Waals surface area contributed by atoms with Gasteiger partial charge in [-0.05, 0) is 73.2 Å². The molecule has 0 atom stereocenters. The number of alkyl halides is 3. The average Bonchev–Trinajstić information content (AvgIpc) is 3.04. The van der Waals surface area contributed by atoms with Gasteiger partial charge in [-0.15, -0.1) is 0 Å². The Balaban J connectivity index is 0.000000591. The molecule has 6 N–H and O–H groups in total. The number of benzene rings is 3. The van der Waals surface area contributed by atoms with Crippen LogP contribution in [0.5, 0.6) is 5.75 Å². The Morgan fingerprint density at radius 2 is 1.44 bits per heavy atom. The zero-order valence-electron chi connectivity index (χ0n) is 24.5. The van der Waals surface area contributed by atoms with Crippen LogP contribution in [-0.4, -0.2) is 63.0 Å². The third-order valence-corrected chi connectivity index (χ3v) is 6.95. The number of aliphatic carboxylic acids is 1. The predicted molar refractivity (Wildman–Crippen MR) is 167 cm³/mol. The van der Waals surface area contributed by atoms with Crippen LogP contribution < -0.4 is 21.3 Å². The number of phenolic OH excluding ortho intramolecular Hbond substituents is 1. The lowest BCUT2D eigenvalue weighted by atomic mass is 10.00. The van der Waals surface area contributed by atoms with Crippen LogP contribution in [0.1, 0.15) is 30.4 Å². The second-order valence-electron chi connectivity index (χ2n) is 10.4. The van der Waals surface area contributed by atoms with Gasteiger partial charge in [0.15, 0.2) is 0 Å². The highest BCUT2D eigenvalue weighted by Crippen LogP contribution is 2.24. The third kappa shape index (κ3) is 10.9. The van der Waals surface area contributed by atoms with E-state index in [1.54, 1.807) is 12.1 Å². The van der Waals surface area contributed by atoms with Crippen molar-refractivity contribution in [3.05, 3.63) is 90.0 Å². The number of carboxylic acid groups (broad SMARTS) is 1. The van der Waals surface area contributed by atoms with Crippen molar-refractivity contribution in [1.82, 2.24) is 20.3 Å². The molecule has 4 aromatic rings. The maximum atomic E-state index is 10.6. The van der Waals surface area contributed by atoms with Gasteiger partial charge in [-0.1, -0.05) is 66.7 Å². The van der Waals surface area contributed by atoms with Crippen molar-refractivity contribution in [2.24, 2.45) is 0 Å². The van der Waals surface area contributed by atoms with E-state index in [-0.39, 0.29) is 5.75 Å². The van der Waals surface area contributed by atoms with Crippen LogP contribution >= 0.6 is 0 Å². The number of hydrogen-bond donors (Lipinski definition) is 6. The first-order chi connectivity index (χ1) is 21.7. The summed E-state index contributed by atoms with van der Waals surface area (Å²) in [6.07, 6.45) is -1.19.